The maximum atomic E-state index is 12.2. The molecular formula is C13H16N2O3S. The second-order valence-corrected chi connectivity index (χ2v) is 5.92. The van der Waals surface area contributed by atoms with Gasteiger partial charge in [-0.1, -0.05) is 12.1 Å². The summed E-state index contributed by atoms with van der Waals surface area (Å²) >= 11 is 0. The number of nitrogens with one attached hydrogen (secondary N) is 1. The van der Waals surface area contributed by atoms with Gasteiger partial charge in [-0.05, 0) is 36.8 Å². The third-order valence-electron chi connectivity index (χ3n) is 2.77. The molecule has 0 aliphatic carbocycles. The highest BCUT2D eigenvalue weighted by atomic mass is 32.2. The van der Waals surface area contributed by atoms with Crippen molar-refractivity contribution < 1.29 is 12.8 Å². The Morgan fingerprint density at radius 1 is 1.26 bits per heavy atom. The van der Waals surface area contributed by atoms with Crippen molar-refractivity contribution in [1.29, 1.82) is 0 Å². The van der Waals surface area contributed by atoms with Gasteiger partial charge in [0.2, 0.25) is 10.0 Å². The summed E-state index contributed by atoms with van der Waals surface area (Å²) in [5, 5.41) is 0. The Bertz CT molecular complexity index is 618. The molecule has 0 radical (unpaired) electrons. The average Bonchev–Trinajstić information content (AvgIpc) is 2.92. The van der Waals surface area contributed by atoms with Crippen molar-refractivity contribution in [2.24, 2.45) is 5.73 Å². The van der Waals surface area contributed by atoms with Gasteiger partial charge in [-0.2, -0.15) is 0 Å². The fraction of sp³-hybridized carbons (Fsp3) is 0.231. The van der Waals surface area contributed by atoms with Crippen molar-refractivity contribution in [3.63, 3.8) is 0 Å². The molecule has 0 aliphatic heterocycles. The second-order valence-electron chi connectivity index (χ2n) is 4.21. The molecule has 1 atom stereocenters. The third-order valence-corrected chi connectivity index (χ3v) is 4.33. The van der Waals surface area contributed by atoms with Crippen molar-refractivity contribution in [2.45, 2.75) is 24.4 Å². The molecule has 1 aromatic heterocycles. The first kappa shape index (κ1) is 13.8. The zero-order valence-electron chi connectivity index (χ0n) is 10.5. The van der Waals surface area contributed by atoms with E-state index >= 15 is 0 Å². The van der Waals surface area contributed by atoms with Gasteiger partial charge < -0.3 is 10.2 Å². The third kappa shape index (κ3) is 3.23. The van der Waals surface area contributed by atoms with Gasteiger partial charge >= 0.3 is 0 Å². The molecular weight excluding hydrogens is 264 g/mol. The molecule has 3 N–H and O–H groups in total. The van der Waals surface area contributed by atoms with E-state index in [1.807, 2.05) is 0 Å². The van der Waals surface area contributed by atoms with Crippen molar-refractivity contribution in [3.8, 4) is 0 Å². The SMILES string of the molecule is CC(NS(=O)(=O)c1ccc(CN)cc1)c1ccco1. The van der Waals surface area contributed by atoms with Gasteiger partial charge in [0.05, 0.1) is 17.2 Å². The van der Waals surface area contributed by atoms with Crippen molar-refractivity contribution in [1.82, 2.24) is 4.72 Å². The molecule has 1 unspecified atom stereocenters. The Balaban J connectivity index is 2.17. The van der Waals surface area contributed by atoms with Crippen molar-refractivity contribution in [3.05, 3.63) is 54.0 Å². The van der Waals surface area contributed by atoms with Crippen LogP contribution in [0.5, 0.6) is 0 Å². The van der Waals surface area contributed by atoms with Crippen LogP contribution in [0.3, 0.4) is 0 Å². The summed E-state index contributed by atoms with van der Waals surface area (Å²) in [7, 11) is -3.56. The van der Waals surface area contributed by atoms with E-state index in [-0.39, 0.29) is 4.90 Å². The van der Waals surface area contributed by atoms with E-state index < -0.39 is 16.1 Å². The van der Waals surface area contributed by atoms with Gasteiger partial charge in [0.15, 0.2) is 0 Å². The Morgan fingerprint density at radius 3 is 2.47 bits per heavy atom. The monoisotopic (exact) mass is 280 g/mol. The number of sulfonamides is 1. The summed E-state index contributed by atoms with van der Waals surface area (Å²) in [5.74, 6) is 0.571. The molecule has 0 bridgehead atoms. The van der Waals surface area contributed by atoms with Crippen LogP contribution in [0.4, 0.5) is 0 Å². The highest BCUT2D eigenvalue weighted by molar-refractivity contribution is 7.89. The van der Waals surface area contributed by atoms with E-state index in [1.165, 1.54) is 6.26 Å². The summed E-state index contributed by atoms with van der Waals surface area (Å²) < 4.78 is 32.0. The minimum absolute atomic E-state index is 0.211. The number of nitrogens with two attached hydrogens (primary N) is 1. The van der Waals surface area contributed by atoms with Crippen LogP contribution in [-0.2, 0) is 16.6 Å². The number of rotatable bonds is 5. The summed E-state index contributed by atoms with van der Waals surface area (Å²) in [5.41, 5.74) is 6.36. The quantitative estimate of drug-likeness (QED) is 0.874. The number of benzene rings is 1. The molecule has 0 spiro atoms. The topological polar surface area (TPSA) is 85.3 Å². The Hall–Kier alpha value is -1.63. The minimum Gasteiger partial charge on any atom is -0.468 e. The standard InChI is InChI=1S/C13H16N2O3S/c1-10(13-3-2-8-18-13)15-19(16,17)12-6-4-11(9-14)5-7-12/h2-8,10,15H,9,14H2,1H3. The molecule has 1 heterocycles. The number of hydrogen-bond donors (Lipinski definition) is 2. The fourth-order valence-corrected chi connectivity index (χ4v) is 2.91. The van der Waals surface area contributed by atoms with Crippen LogP contribution in [0.1, 0.15) is 24.3 Å². The van der Waals surface area contributed by atoms with E-state index in [9.17, 15) is 8.42 Å². The van der Waals surface area contributed by atoms with Gasteiger partial charge in [-0.3, -0.25) is 0 Å². The number of hydrogen-bond acceptors (Lipinski definition) is 4. The summed E-state index contributed by atoms with van der Waals surface area (Å²) in [6.45, 7) is 2.11. The highest BCUT2D eigenvalue weighted by Crippen LogP contribution is 2.17. The Morgan fingerprint density at radius 2 is 1.95 bits per heavy atom. The molecule has 0 fully saturated rings. The first-order valence-electron chi connectivity index (χ1n) is 5.87. The first-order chi connectivity index (χ1) is 9.03. The smallest absolute Gasteiger partial charge is 0.241 e. The summed E-state index contributed by atoms with van der Waals surface area (Å²) in [4.78, 5) is 0.211. The lowest BCUT2D eigenvalue weighted by Crippen LogP contribution is -2.26. The Labute approximate surface area is 112 Å². The van der Waals surface area contributed by atoms with Crippen LogP contribution in [0.15, 0.2) is 52.0 Å². The van der Waals surface area contributed by atoms with Crippen LogP contribution in [0.25, 0.3) is 0 Å². The normalized spacial score (nSPS) is 13.4. The maximum absolute atomic E-state index is 12.2. The van der Waals surface area contributed by atoms with E-state index in [0.29, 0.717) is 12.3 Å². The predicted molar refractivity (Wildman–Crippen MR) is 71.8 cm³/mol. The van der Waals surface area contributed by atoms with E-state index in [2.05, 4.69) is 4.72 Å². The van der Waals surface area contributed by atoms with Crippen LogP contribution in [0.2, 0.25) is 0 Å². The van der Waals surface area contributed by atoms with Gasteiger partial charge in [-0.25, -0.2) is 13.1 Å². The van der Waals surface area contributed by atoms with Crippen LogP contribution >= 0.6 is 0 Å². The summed E-state index contributed by atoms with van der Waals surface area (Å²) in [6.07, 6.45) is 1.51. The molecule has 6 heteroatoms. The molecule has 102 valence electrons. The fourth-order valence-electron chi connectivity index (χ4n) is 1.70. The highest BCUT2D eigenvalue weighted by Gasteiger charge is 2.19. The molecule has 1 aromatic carbocycles. The molecule has 2 rings (SSSR count). The van der Waals surface area contributed by atoms with Gasteiger partial charge in [0.25, 0.3) is 0 Å². The lowest BCUT2D eigenvalue weighted by molar-refractivity contribution is 0.459. The van der Waals surface area contributed by atoms with Gasteiger partial charge in [0, 0.05) is 6.54 Å². The largest absolute Gasteiger partial charge is 0.468 e. The molecule has 0 saturated carbocycles. The molecule has 19 heavy (non-hydrogen) atoms. The predicted octanol–water partition coefficient (Wildman–Crippen LogP) is 1.78. The lowest BCUT2D eigenvalue weighted by atomic mass is 10.2. The zero-order valence-corrected chi connectivity index (χ0v) is 11.4. The zero-order chi connectivity index (χ0) is 13.9. The molecule has 2 aromatic rings. The van der Waals surface area contributed by atoms with Crippen molar-refractivity contribution in [2.75, 3.05) is 0 Å². The van der Waals surface area contributed by atoms with Gasteiger partial charge in [0.1, 0.15) is 5.76 Å². The minimum atomic E-state index is -3.56. The van der Waals surface area contributed by atoms with E-state index in [4.69, 9.17) is 10.2 Å². The average molecular weight is 280 g/mol. The first-order valence-corrected chi connectivity index (χ1v) is 7.36. The number of furan rings is 1. The van der Waals surface area contributed by atoms with E-state index in [1.54, 1.807) is 43.3 Å². The molecule has 0 saturated heterocycles. The van der Waals surface area contributed by atoms with Crippen LogP contribution < -0.4 is 10.5 Å². The Kier molecular flexibility index (Phi) is 4.04. The second kappa shape index (κ2) is 5.56. The lowest BCUT2D eigenvalue weighted by Gasteiger charge is -2.12. The van der Waals surface area contributed by atoms with Gasteiger partial charge in [-0.15, -0.1) is 0 Å². The molecule has 5 nitrogen and oxygen atoms in total. The molecule has 0 amide bonds. The van der Waals surface area contributed by atoms with E-state index in [0.717, 1.165) is 5.56 Å². The summed E-state index contributed by atoms with van der Waals surface area (Å²) in [6, 6.07) is 9.51. The van der Waals surface area contributed by atoms with Crippen molar-refractivity contribution >= 4 is 10.0 Å². The van der Waals surface area contributed by atoms with Crippen LogP contribution in [-0.4, -0.2) is 8.42 Å². The molecule has 0 aliphatic rings. The maximum Gasteiger partial charge on any atom is 0.241 e. The van der Waals surface area contributed by atoms with Crippen LogP contribution in [0, 0.1) is 0 Å².